The molecule has 0 spiro atoms. The fraction of sp³-hybridized carbons (Fsp3) is 0.429. The van der Waals surface area contributed by atoms with E-state index in [4.69, 9.17) is 4.74 Å². The molecule has 0 radical (unpaired) electrons. The molecule has 0 atom stereocenters. The van der Waals surface area contributed by atoms with Gasteiger partial charge in [-0.3, -0.25) is 0 Å². The van der Waals surface area contributed by atoms with Crippen molar-refractivity contribution in [1.29, 1.82) is 0 Å². The molecule has 0 bridgehead atoms. The lowest BCUT2D eigenvalue weighted by Gasteiger charge is -2.27. The van der Waals surface area contributed by atoms with E-state index in [2.05, 4.69) is 30.9 Å². The highest BCUT2D eigenvalue weighted by Crippen LogP contribution is 2.38. The molecule has 220 valence electrons. The standard InChI is InChI=1S/C28H36N6O5S2/c1-4-30-41(37,38)24-16-22(31-27(35)29-17-19-8-6-5-7-9-19)14-15-23(24)26-34-33-25(40-26)20-10-12-21(13-11-20)32-28(36)39-18(2)3/h5-9,14-16,18,20-21,30H,4,10-13,17H2,1-3H3,(H,32,36)(H2,29,31,35). The van der Waals surface area contributed by atoms with Crippen molar-refractivity contribution in [3.8, 4) is 10.6 Å². The summed E-state index contributed by atoms with van der Waals surface area (Å²) in [6.07, 6.45) is 2.66. The molecule has 3 aromatic rings. The molecule has 1 aromatic heterocycles. The van der Waals surface area contributed by atoms with Gasteiger partial charge in [0.1, 0.15) is 10.0 Å². The molecule has 1 saturated carbocycles. The first-order valence-corrected chi connectivity index (χ1v) is 16.0. The molecule has 11 nitrogen and oxygen atoms in total. The average molecular weight is 601 g/mol. The maximum Gasteiger partial charge on any atom is 0.407 e. The Kier molecular flexibility index (Phi) is 10.3. The van der Waals surface area contributed by atoms with E-state index in [9.17, 15) is 18.0 Å². The Balaban J connectivity index is 1.46. The van der Waals surface area contributed by atoms with E-state index in [-0.39, 0.29) is 29.5 Å². The molecule has 0 unspecified atom stereocenters. The second-order valence-electron chi connectivity index (χ2n) is 10.1. The van der Waals surface area contributed by atoms with Crippen molar-refractivity contribution in [1.82, 2.24) is 25.6 Å². The van der Waals surface area contributed by atoms with E-state index in [1.807, 2.05) is 44.2 Å². The minimum Gasteiger partial charge on any atom is -0.447 e. The summed E-state index contributed by atoms with van der Waals surface area (Å²) < 4.78 is 34.0. The van der Waals surface area contributed by atoms with Crippen molar-refractivity contribution in [3.05, 3.63) is 59.1 Å². The number of rotatable bonds is 10. The highest BCUT2D eigenvalue weighted by atomic mass is 32.2. The number of nitrogens with zero attached hydrogens (tertiary/aromatic N) is 2. The van der Waals surface area contributed by atoms with Crippen molar-refractivity contribution in [2.24, 2.45) is 0 Å². The van der Waals surface area contributed by atoms with E-state index in [0.29, 0.717) is 22.8 Å². The van der Waals surface area contributed by atoms with Crippen LogP contribution >= 0.6 is 11.3 Å². The van der Waals surface area contributed by atoms with Crippen LogP contribution in [0.3, 0.4) is 0 Å². The fourth-order valence-electron chi connectivity index (χ4n) is 4.63. The van der Waals surface area contributed by atoms with Gasteiger partial charge in [-0.1, -0.05) is 48.6 Å². The highest BCUT2D eigenvalue weighted by Gasteiger charge is 2.28. The molecule has 4 rings (SSSR count). The highest BCUT2D eigenvalue weighted by molar-refractivity contribution is 7.89. The topological polar surface area (TPSA) is 151 Å². The first-order valence-electron chi connectivity index (χ1n) is 13.7. The van der Waals surface area contributed by atoms with Crippen LogP contribution in [-0.2, 0) is 21.3 Å². The van der Waals surface area contributed by atoms with Crippen LogP contribution in [0, 0.1) is 0 Å². The van der Waals surface area contributed by atoms with Gasteiger partial charge in [-0.05, 0) is 63.3 Å². The van der Waals surface area contributed by atoms with E-state index >= 15 is 0 Å². The van der Waals surface area contributed by atoms with Crippen LogP contribution in [0.2, 0.25) is 0 Å². The lowest BCUT2D eigenvalue weighted by Crippen LogP contribution is -2.38. The number of nitrogens with one attached hydrogen (secondary N) is 4. The Morgan fingerprint density at radius 1 is 1.05 bits per heavy atom. The third-order valence-electron chi connectivity index (χ3n) is 6.57. The van der Waals surface area contributed by atoms with Gasteiger partial charge in [-0.15, -0.1) is 10.2 Å². The summed E-state index contributed by atoms with van der Waals surface area (Å²) >= 11 is 1.36. The third kappa shape index (κ3) is 8.47. The summed E-state index contributed by atoms with van der Waals surface area (Å²) in [6, 6.07) is 13.8. The van der Waals surface area contributed by atoms with Gasteiger partial charge in [0.05, 0.1) is 11.0 Å². The number of carbonyl (C=O) groups is 2. The molecule has 1 fully saturated rings. The number of urea groups is 1. The molecule has 2 aromatic carbocycles. The van der Waals surface area contributed by atoms with Crippen LogP contribution in [0.15, 0.2) is 53.4 Å². The van der Waals surface area contributed by atoms with Crippen LogP contribution in [0.1, 0.15) is 62.9 Å². The molecule has 0 aliphatic heterocycles. The molecule has 0 saturated heterocycles. The van der Waals surface area contributed by atoms with E-state index in [1.165, 1.54) is 17.4 Å². The molecular formula is C28H36N6O5S2. The first-order chi connectivity index (χ1) is 19.6. The molecular weight excluding hydrogens is 564 g/mol. The molecule has 41 heavy (non-hydrogen) atoms. The molecule has 1 heterocycles. The normalized spacial score (nSPS) is 17.2. The Labute approximate surface area is 244 Å². The largest absolute Gasteiger partial charge is 0.447 e. The Morgan fingerprint density at radius 2 is 1.78 bits per heavy atom. The Hall–Kier alpha value is -3.55. The molecule has 1 aliphatic carbocycles. The van der Waals surface area contributed by atoms with Gasteiger partial charge >= 0.3 is 12.1 Å². The number of benzene rings is 2. The quantitative estimate of drug-likeness (QED) is 0.256. The minimum atomic E-state index is -3.88. The monoisotopic (exact) mass is 600 g/mol. The second kappa shape index (κ2) is 13.9. The van der Waals surface area contributed by atoms with Gasteiger partial charge in [-0.25, -0.2) is 22.7 Å². The molecule has 3 amide bonds. The van der Waals surface area contributed by atoms with E-state index in [0.717, 1.165) is 36.3 Å². The Bertz CT molecular complexity index is 1440. The predicted molar refractivity (Wildman–Crippen MR) is 158 cm³/mol. The molecule has 13 heteroatoms. The van der Waals surface area contributed by atoms with Crippen LogP contribution in [-0.4, -0.2) is 49.4 Å². The van der Waals surface area contributed by atoms with Gasteiger partial charge < -0.3 is 20.7 Å². The van der Waals surface area contributed by atoms with Gasteiger partial charge in [-0.2, -0.15) is 0 Å². The number of carbonyl (C=O) groups excluding carboxylic acids is 2. The summed E-state index contributed by atoms with van der Waals surface area (Å²) in [5, 5.41) is 18.5. The number of hydrogen-bond donors (Lipinski definition) is 4. The summed E-state index contributed by atoms with van der Waals surface area (Å²) in [5.41, 5.74) is 1.69. The summed E-state index contributed by atoms with van der Waals surface area (Å²) in [5.74, 6) is 0.170. The summed E-state index contributed by atoms with van der Waals surface area (Å²) in [4.78, 5) is 24.4. The number of alkyl carbamates (subject to hydrolysis) is 1. The molecule has 1 aliphatic rings. The zero-order valence-corrected chi connectivity index (χ0v) is 25.0. The number of aromatic nitrogens is 2. The van der Waals surface area contributed by atoms with Gasteiger partial charge in [0, 0.05) is 36.3 Å². The van der Waals surface area contributed by atoms with Gasteiger partial charge in [0.25, 0.3) is 0 Å². The van der Waals surface area contributed by atoms with Crippen LogP contribution in [0.5, 0.6) is 0 Å². The zero-order valence-electron chi connectivity index (χ0n) is 23.3. The first kappa shape index (κ1) is 30.4. The number of ether oxygens (including phenoxy) is 1. The SMILES string of the molecule is CCNS(=O)(=O)c1cc(NC(=O)NCc2ccccc2)ccc1-c1nnc(C2CCC(NC(=O)OC(C)C)CC2)s1. The lowest BCUT2D eigenvalue weighted by molar-refractivity contribution is 0.109. The van der Waals surface area contributed by atoms with Crippen molar-refractivity contribution in [2.75, 3.05) is 11.9 Å². The predicted octanol–water partition coefficient (Wildman–Crippen LogP) is 4.99. The Morgan fingerprint density at radius 3 is 2.46 bits per heavy atom. The maximum absolute atomic E-state index is 13.1. The second-order valence-corrected chi connectivity index (χ2v) is 12.8. The van der Waals surface area contributed by atoms with Crippen LogP contribution in [0.4, 0.5) is 15.3 Å². The minimum absolute atomic E-state index is 0.0134. The summed E-state index contributed by atoms with van der Waals surface area (Å²) in [7, 11) is -3.88. The number of amides is 3. The average Bonchev–Trinajstić information content (AvgIpc) is 3.43. The number of hydrogen-bond acceptors (Lipinski definition) is 8. The van der Waals surface area contributed by atoms with Crippen LogP contribution in [0.25, 0.3) is 10.6 Å². The fourth-order valence-corrected chi connectivity index (χ4v) is 7.02. The van der Waals surface area contributed by atoms with Crippen molar-refractivity contribution in [2.45, 2.75) is 76.0 Å². The summed E-state index contributed by atoms with van der Waals surface area (Å²) in [6.45, 7) is 5.87. The number of sulfonamides is 1. The third-order valence-corrected chi connectivity index (χ3v) is 9.28. The molecule has 4 N–H and O–H groups in total. The van der Waals surface area contributed by atoms with E-state index in [1.54, 1.807) is 19.1 Å². The zero-order chi connectivity index (χ0) is 29.4. The van der Waals surface area contributed by atoms with Crippen molar-refractivity contribution >= 4 is 39.2 Å². The van der Waals surface area contributed by atoms with Gasteiger partial charge in [0.2, 0.25) is 10.0 Å². The van der Waals surface area contributed by atoms with E-state index < -0.39 is 22.1 Å². The number of anilines is 1. The van der Waals surface area contributed by atoms with Crippen molar-refractivity contribution in [3.63, 3.8) is 0 Å². The van der Waals surface area contributed by atoms with Crippen LogP contribution < -0.4 is 20.7 Å². The maximum atomic E-state index is 13.1. The van der Waals surface area contributed by atoms with Crippen molar-refractivity contribution < 1.29 is 22.7 Å². The lowest BCUT2D eigenvalue weighted by atomic mass is 9.86. The van der Waals surface area contributed by atoms with Gasteiger partial charge in [0.15, 0.2) is 0 Å². The smallest absolute Gasteiger partial charge is 0.407 e.